The number of carbonyl (C=O) groups excluding carboxylic acids is 2. The first-order chi connectivity index (χ1) is 8.92. The van der Waals surface area contributed by atoms with Crippen LogP contribution in [0.1, 0.15) is 46.5 Å². The third kappa shape index (κ3) is 8.42. The van der Waals surface area contributed by atoms with Gasteiger partial charge in [0.1, 0.15) is 12.7 Å². The molecule has 0 heterocycles. The highest BCUT2D eigenvalue weighted by Crippen LogP contribution is 2.10. The second-order valence-corrected chi connectivity index (χ2v) is 5.73. The van der Waals surface area contributed by atoms with E-state index in [1.165, 1.54) is 0 Å². The van der Waals surface area contributed by atoms with Crippen molar-refractivity contribution in [2.45, 2.75) is 63.1 Å². The molecule has 3 unspecified atom stereocenters. The Morgan fingerprint density at radius 1 is 1.00 bits per heavy atom. The predicted molar refractivity (Wildman–Crippen MR) is 81.9 cm³/mol. The SMILES string of the molecule is CCCC(S)C(=O)OCC(C)OC(=O)C(S)CCC. The summed E-state index contributed by atoms with van der Waals surface area (Å²) in [6.45, 7) is 5.69. The maximum atomic E-state index is 11.6. The molecule has 112 valence electrons. The number of esters is 2. The summed E-state index contributed by atoms with van der Waals surface area (Å²) < 4.78 is 10.2. The third-order valence-corrected chi connectivity index (χ3v) is 3.38. The van der Waals surface area contributed by atoms with Gasteiger partial charge in [-0.3, -0.25) is 9.59 Å². The smallest absolute Gasteiger partial charge is 0.319 e. The van der Waals surface area contributed by atoms with E-state index in [9.17, 15) is 9.59 Å². The second-order valence-electron chi connectivity index (χ2n) is 4.49. The summed E-state index contributed by atoms with van der Waals surface area (Å²) in [6, 6.07) is 0. The Labute approximate surface area is 126 Å². The Hall–Kier alpha value is -0.360. The van der Waals surface area contributed by atoms with Gasteiger partial charge in [-0.15, -0.1) is 0 Å². The molecule has 6 heteroatoms. The van der Waals surface area contributed by atoms with Crippen LogP contribution in [0.25, 0.3) is 0 Å². The average molecular weight is 308 g/mol. The van der Waals surface area contributed by atoms with Crippen LogP contribution >= 0.6 is 25.3 Å². The summed E-state index contributed by atoms with van der Waals surface area (Å²) in [4.78, 5) is 23.1. The van der Waals surface area contributed by atoms with Gasteiger partial charge in [0.2, 0.25) is 0 Å². The molecule has 0 aromatic rings. The Balaban J connectivity index is 3.95. The largest absolute Gasteiger partial charge is 0.461 e. The monoisotopic (exact) mass is 308 g/mol. The predicted octanol–water partition coefficient (Wildman–Crippen LogP) is 2.66. The first-order valence-corrected chi connectivity index (χ1v) is 7.68. The average Bonchev–Trinajstić information content (AvgIpc) is 2.36. The zero-order chi connectivity index (χ0) is 14.8. The lowest BCUT2D eigenvalue weighted by molar-refractivity contribution is -0.157. The highest BCUT2D eigenvalue weighted by molar-refractivity contribution is 7.82. The van der Waals surface area contributed by atoms with E-state index in [0.29, 0.717) is 12.8 Å². The van der Waals surface area contributed by atoms with Crippen LogP contribution in [0.4, 0.5) is 0 Å². The Bertz CT molecular complexity index is 284. The minimum atomic E-state index is -0.467. The Morgan fingerprint density at radius 2 is 1.47 bits per heavy atom. The highest BCUT2D eigenvalue weighted by atomic mass is 32.1. The standard InChI is InChI=1S/C13H24O4S2/c1-4-6-10(18)12(14)16-8-9(3)17-13(15)11(19)7-5-2/h9-11,18-19H,4-8H2,1-3H3. The molecule has 0 aliphatic heterocycles. The summed E-state index contributed by atoms with van der Waals surface area (Å²) in [6.07, 6.45) is 2.61. The number of rotatable bonds is 9. The molecule has 0 aliphatic carbocycles. The van der Waals surface area contributed by atoms with Gasteiger partial charge in [0.05, 0.1) is 10.5 Å². The molecule has 0 amide bonds. The quantitative estimate of drug-likeness (QED) is 0.508. The van der Waals surface area contributed by atoms with Crippen LogP contribution in [0.15, 0.2) is 0 Å². The molecule has 0 aromatic carbocycles. The normalized spacial score (nSPS) is 15.4. The summed E-state index contributed by atoms with van der Waals surface area (Å²) in [5.41, 5.74) is 0. The van der Waals surface area contributed by atoms with Gasteiger partial charge in [0.25, 0.3) is 0 Å². The van der Waals surface area contributed by atoms with Crippen molar-refractivity contribution in [3.63, 3.8) is 0 Å². The molecule has 0 aromatic heterocycles. The number of hydrogen-bond donors (Lipinski definition) is 2. The van der Waals surface area contributed by atoms with Gasteiger partial charge in [-0.2, -0.15) is 25.3 Å². The summed E-state index contributed by atoms with van der Waals surface area (Å²) in [5, 5.41) is -0.827. The van der Waals surface area contributed by atoms with Crippen molar-refractivity contribution in [1.29, 1.82) is 0 Å². The van der Waals surface area contributed by atoms with Crippen molar-refractivity contribution in [1.82, 2.24) is 0 Å². The molecule has 0 bridgehead atoms. The molecule has 3 atom stereocenters. The lowest BCUT2D eigenvalue weighted by atomic mass is 10.2. The molecular weight excluding hydrogens is 284 g/mol. The van der Waals surface area contributed by atoms with Crippen molar-refractivity contribution >= 4 is 37.2 Å². The first-order valence-electron chi connectivity index (χ1n) is 6.65. The van der Waals surface area contributed by atoms with Crippen molar-refractivity contribution in [2.24, 2.45) is 0 Å². The van der Waals surface area contributed by atoms with Crippen LogP contribution in [0.3, 0.4) is 0 Å². The Morgan fingerprint density at radius 3 is 1.95 bits per heavy atom. The van der Waals surface area contributed by atoms with E-state index in [-0.39, 0.29) is 18.5 Å². The van der Waals surface area contributed by atoms with E-state index >= 15 is 0 Å². The van der Waals surface area contributed by atoms with E-state index < -0.39 is 16.6 Å². The van der Waals surface area contributed by atoms with Gasteiger partial charge in [-0.25, -0.2) is 0 Å². The highest BCUT2D eigenvalue weighted by Gasteiger charge is 2.20. The number of thiol groups is 2. The fourth-order valence-electron chi connectivity index (χ4n) is 1.39. The minimum absolute atomic E-state index is 0.0535. The molecule has 0 saturated heterocycles. The second kappa shape index (κ2) is 10.4. The zero-order valence-electron chi connectivity index (χ0n) is 11.8. The van der Waals surface area contributed by atoms with Gasteiger partial charge in [-0.1, -0.05) is 26.7 Å². The van der Waals surface area contributed by atoms with Crippen molar-refractivity contribution in [3.8, 4) is 0 Å². The van der Waals surface area contributed by atoms with Gasteiger partial charge >= 0.3 is 11.9 Å². The van der Waals surface area contributed by atoms with E-state index in [2.05, 4.69) is 25.3 Å². The number of carbonyl (C=O) groups is 2. The topological polar surface area (TPSA) is 52.6 Å². The van der Waals surface area contributed by atoms with E-state index in [0.717, 1.165) is 12.8 Å². The van der Waals surface area contributed by atoms with Gasteiger partial charge in [-0.05, 0) is 19.8 Å². The van der Waals surface area contributed by atoms with Crippen molar-refractivity contribution < 1.29 is 19.1 Å². The third-order valence-electron chi connectivity index (χ3n) is 2.45. The number of hydrogen-bond acceptors (Lipinski definition) is 6. The van der Waals surface area contributed by atoms with E-state index in [1.807, 2.05) is 13.8 Å². The van der Waals surface area contributed by atoms with E-state index in [4.69, 9.17) is 9.47 Å². The lowest BCUT2D eigenvalue weighted by Gasteiger charge is -2.17. The van der Waals surface area contributed by atoms with Crippen LogP contribution in [-0.4, -0.2) is 35.1 Å². The van der Waals surface area contributed by atoms with Crippen LogP contribution < -0.4 is 0 Å². The van der Waals surface area contributed by atoms with Crippen LogP contribution in [0.5, 0.6) is 0 Å². The molecule has 0 spiro atoms. The summed E-state index contributed by atoms with van der Waals surface area (Å²) >= 11 is 8.30. The molecule has 0 fully saturated rings. The molecule has 0 rings (SSSR count). The van der Waals surface area contributed by atoms with Gasteiger partial charge in [0.15, 0.2) is 0 Å². The fourth-order valence-corrected chi connectivity index (χ4v) is 2.04. The van der Waals surface area contributed by atoms with E-state index in [1.54, 1.807) is 6.92 Å². The zero-order valence-corrected chi connectivity index (χ0v) is 13.6. The lowest BCUT2D eigenvalue weighted by Crippen LogP contribution is -2.28. The number of ether oxygens (including phenoxy) is 2. The maximum absolute atomic E-state index is 11.6. The van der Waals surface area contributed by atoms with Crippen molar-refractivity contribution in [3.05, 3.63) is 0 Å². The van der Waals surface area contributed by atoms with Crippen molar-refractivity contribution in [2.75, 3.05) is 6.61 Å². The first kappa shape index (κ1) is 18.6. The van der Waals surface area contributed by atoms with Crippen LogP contribution in [0.2, 0.25) is 0 Å². The molecule has 0 saturated carbocycles. The molecule has 19 heavy (non-hydrogen) atoms. The van der Waals surface area contributed by atoms with Gasteiger partial charge < -0.3 is 9.47 Å². The summed E-state index contributed by atoms with van der Waals surface area (Å²) in [7, 11) is 0. The molecule has 0 aliphatic rings. The Kier molecular flexibility index (Phi) is 10.2. The minimum Gasteiger partial charge on any atom is -0.461 e. The van der Waals surface area contributed by atoms with Gasteiger partial charge in [0, 0.05) is 0 Å². The maximum Gasteiger partial charge on any atom is 0.319 e. The van der Waals surface area contributed by atoms with Crippen LogP contribution in [-0.2, 0) is 19.1 Å². The molecule has 4 nitrogen and oxygen atoms in total. The summed E-state index contributed by atoms with van der Waals surface area (Å²) in [5.74, 6) is -0.742. The molecule has 0 radical (unpaired) electrons. The molecule has 0 N–H and O–H groups in total. The van der Waals surface area contributed by atoms with Crippen LogP contribution in [0, 0.1) is 0 Å². The fraction of sp³-hybridized carbons (Fsp3) is 0.846. The molecular formula is C13H24O4S2.